The van der Waals surface area contributed by atoms with Crippen LogP contribution in [0.25, 0.3) is 10.9 Å². The Kier molecular flexibility index (Phi) is 6.13. The molecule has 1 spiro atoms. The summed E-state index contributed by atoms with van der Waals surface area (Å²) in [5.41, 5.74) is 2.31. The molecule has 4 atom stereocenters. The smallest absolute Gasteiger partial charge is 0.337 e. The van der Waals surface area contributed by atoms with Gasteiger partial charge in [-0.05, 0) is 35.9 Å². The average molecular weight is 595 g/mol. The number of methoxy groups -OCH3 is 2. The fourth-order valence-corrected chi connectivity index (χ4v) is 7.62. The average Bonchev–Trinajstić information content (AvgIpc) is 3.65. The van der Waals surface area contributed by atoms with Gasteiger partial charge >= 0.3 is 5.97 Å². The summed E-state index contributed by atoms with van der Waals surface area (Å²) < 4.78 is 28.4. The number of carbonyl (C=O) groups excluding carboxylic acids is 2. The molecule has 41 heavy (non-hydrogen) atoms. The number of carbonyl (C=O) groups is 2. The van der Waals surface area contributed by atoms with Crippen LogP contribution in [0.15, 0.2) is 54.6 Å². The maximum absolute atomic E-state index is 16.0. The summed E-state index contributed by atoms with van der Waals surface area (Å²) in [6.45, 7) is 0.776. The van der Waals surface area contributed by atoms with Crippen molar-refractivity contribution in [2.45, 2.75) is 30.0 Å². The summed E-state index contributed by atoms with van der Waals surface area (Å²) in [4.78, 5) is 28.7. The van der Waals surface area contributed by atoms with E-state index >= 15 is 4.39 Å². The monoisotopic (exact) mass is 594 g/mol. The molecule has 3 aliphatic rings. The van der Waals surface area contributed by atoms with Gasteiger partial charge < -0.3 is 14.8 Å². The summed E-state index contributed by atoms with van der Waals surface area (Å²) in [5, 5.41) is 9.33. The molecule has 7 rings (SSSR count). The molecule has 1 N–H and O–H groups in total. The van der Waals surface area contributed by atoms with E-state index in [9.17, 15) is 9.59 Å². The molecule has 11 heteroatoms. The van der Waals surface area contributed by atoms with Crippen molar-refractivity contribution >= 4 is 51.7 Å². The van der Waals surface area contributed by atoms with Gasteiger partial charge in [-0.15, -0.1) is 0 Å². The van der Waals surface area contributed by atoms with Crippen molar-refractivity contribution in [3.05, 3.63) is 92.8 Å². The van der Waals surface area contributed by atoms with Gasteiger partial charge in [0.2, 0.25) is 5.91 Å². The fraction of sp³-hybridized carbons (Fsp3) is 0.300. The van der Waals surface area contributed by atoms with Gasteiger partial charge in [-0.2, -0.15) is 5.10 Å². The predicted octanol–water partition coefficient (Wildman–Crippen LogP) is 5.33. The molecule has 1 saturated heterocycles. The molecule has 0 bridgehead atoms. The topological polar surface area (TPSA) is 85.7 Å². The molecule has 4 heterocycles. The van der Waals surface area contributed by atoms with Crippen LogP contribution in [0.1, 0.15) is 39.1 Å². The first kappa shape index (κ1) is 26.4. The maximum Gasteiger partial charge on any atom is 0.337 e. The molecule has 0 radical (unpaired) electrons. The number of amides is 1. The van der Waals surface area contributed by atoms with Crippen LogP contribution in [0, 0.1) is 5.82 Å². The Morgan fingerprint density at radius 1 is 1.17 bits per heavy atom. The molecule has 4 aromatic rings. The molecule has 0 aliphatic carbocycles. The van der Waals surface area contributed by atoms with Crippen LogP contribution in [0.2, 0.25) is 10.0 Å². The number of nitrogens with zero attached hydrogens (tertiary/aromatic N) is 3. The number of fused-ring (bicyclic) bond motifs is 7. The van der Waals surface area contributed by atoms with Gasteiger partial charge in [0, 0.05) is 59.4 Å². The van der Waals surface area contributed by atoms with Gasteiger partial charge in [0.05, 0.1) is 35.9 Å². The van der Waals surface area contributed by atoms with Gasteiger partial charge in [-0.3, -0.25) is 14.4 Å². The lowest BCUT2D eigenvalue weighted by molar-refractivity contribution is -0.128. The first-order valence-electron chi connectivity index (χ1n) is 13.2. The maximum atomic E-state index is 16.0. The van der Waals surface area contributed by atoms with Gasteiger partial charge in [-0.25, -0.2) is 9.18 Å². The third-order valence-electron chi connectivity index (χ3n) is 8.79. The number of hydrogen-bond donors (Lipinski definition) is 1. The van der Waals surface area contributed by atoms with Gasteiger partial charge in [0.25, 0.3) is 0 Å². The van der Waals surface area contributed by atoms with Crippen LogP contribution in [0.5, 0.6) is 0 Å². The third kappa shape index (κ3) is 3.56. The Hall–Kier alpha value is -3.50. The lowest BCUT2D eigenvalue weighted by Crippen LogP contribution is -2.53. The molecule has 210 valence electrons. The van der Waals surface area contributed by atoms with Crippen LogP contribution >= 0.6 is 23.2 Å². The minimum atomic E-state index is -1.29. The van der Waals surface area contributed by atoms with E-state index in [0.717, 1.165) is 11.1 Å². The molecule has 1 amide bonds. The Bertz CT molecular complexity index is 1760. The van der Waals surface area contributed by atoms with Crippen LogP contribution in [0.3, 0.4) is 0 Å². The quantitative estimate of drug-likeness (QED) is 0.314. The highest BCUT2D eigenvalue weighted by molar-refractivity contribution is 6.31. The number of aromatic nitrogens is 2. The Morgan fingerprint density at radius 2 is 2.00 bits per heavy atom. The van der Waals surface area contributed by atoms with Crippen molar-refractivity contribution in [1.29, 1.82) is 0 Å². The number of hydrogen-bond acceptors (Lipinski definition) is 6. The number of rotatable bonds is 5. The van der Waals surface area contributed by atoms with Crippen molar-refractivity contribution in [3.8, 4) is 0 Å². The van der Waals surface area contributed by atoms with E-state index in [1.54, 1.807) is 43.5 Å². The van der Waals surface area contributed by atoms with E-state index in [-0.39, 0.29) is 17.0 Å². The van der Waals surface area contributed by atoms with Gasteiger partial charge in [0.1, 0.15) is 11.4 Å². The second-order valence-electron chi connectivity index (χ2n) is 10.6. The molecular formula is C30H25Cl2FN4O4. The molecule has 1 aromatic heterocycles. The number of anilines is 1. The zero-order valence-corrected chi connectivity index (χ0v) is 23.7. The molecule has 3 aromatic carbocycles. The van der Waals surface area contributed by atoms with E-state index in [0.29, 0.717) is 52.5 Å². The Morgan fingerprint density at radius 3 is 2.78 bits per heavy atom. The van der Waals surface area contributed by atoms with Crippen LogP contribution < -0.4 is 5.32 Å². The van der Waals surface area contributed by atoms with Crippen LogP contribution in [-0.2, 0) is 26.2 Å². The molecule has 0 saturated carbocycles. The molecule has 3 aliphatic heterocycles. The van der Waals surface area contributed by atoms with Gasteiger partial charge in [-0.1, -0.05) is 47.5 Å². The highest BCUT2D eigenvalue weighted by atomic mass is 35.5. The molecule has 0 unspecified atom stereocenters. The summed E-state index contributed by atoms with van der Waals surface area (Å²) in [6, 6.07) is 14.8. The minimum Gasteiger partial charge on any atom is -0.465 e. The molecular weight excluding hydrogens is 570 g/mol. The lowest BCUT2D eigenvalue weighted by Gasteiger charge is -2.40. The predicted molar refractivity (Wildman–Crippen MR) is 152 cm³/mol. The van der Waals surface area contributed by atoms with Gasteiger partial charge in [0.15, 0.2) is 0 Å². The zero-order valence-electron chi connectivity index (χ0n) is 22.2. The number of halogens is 3. The highest BCUT2D eigenvalue weighted by Gasteiger charge is 2.69. The zero-order chi connectivity index (χ0) is 28.6. The number of esters is 1. The molecule has 8 nitrogen and oxygen atoms in total. The normalized spacial score (nSPS) is 24.5. The summed E-state index contributed by atoms with van der Waals surface area (Å²) >= 11 is 12.7. The lowest BCUT2D eigenvalue weighted by atomic mass is 9.73. The second kappa shape index (κ2) is 9.52. The van der Waals surface area contributed by atoms with Crippen LogP contribution in [-0.4, -0.2) is 60.0 Å². The second-order valence-corrected chi connectivity index (χ2v) is 11.4. The van der Waals surface area contributed by atoms with Crippen molar-refractivity contribution in [1.82, 2.24) is 14.7 Å². The number of ether oxygens (including phenoxy) is 2. The van der Waals surface area contributed by atoms with E-state index < -0.39 is 29.3 Å². The number of nitrogens with one attached hydrogen (secondary N) is 1. The van der Waals surface area contributed by atoms with E-state index in [4.69, 9.17) is 37.8 Å². The Balaban J connectivity index is 1.51. The minimum absolute atomic E-state index is 0.0224. The van der Waals surface area contributed by atoms with E-state index in [1.807, 2.05) is 16.8 Å². The third-order valence-corrected chi connectivity index (χ3v) is 9.31. The summed E-state index contributed by atoms with van der Waals surface area (Å²) in [7, 11) is 2.95. The Labute approximate surface area is 244 Å². The molecule has 1 fully saturated rings. The van der Waals surface area contributed by atoms with E-state index in [2.05, 4.69) is 10.2 Å². The van der Waals surface area contributed by atoms with Crippen molar-refractivity contribution in [3.63, 3.8) is 0 Å². The standard InChI is InChI=1S/C30H25Cl2FN4O4/c1-40-11-10-36-24-14-23-17-8-6-15(28(38)41-2)12-21(17)35-37(23)27(24)25(18-4-3-5-20(32)26(18)33)30(36)19-9-7-16(31)13-22(19)34-29(30)39/h3-9,12-13,24-25,27H,10-11,14H2,1-2H3,(H,34,39)/t24-,25-,27+,30+/m0/s1. The SMILES string of the molecule is COCCN1[C@H]2Cc3c4ccc(C(=O)OC)cc4nn3[C@H]2[C@H](c2cccc(Cl)c2F)[C@]12C(=O)Nc1cc(Cl)ccc12. The first-order valence-corrected chi connectivity index (χ1v) is 14.0. The van der Waals surface area contributed by atoms with Crippen molar-refractivity contribution in [2.75, 3.05) is 32.7 Å². The number of benzene rings is 3. The van der Waals surface area contributed by atoms with Crippen LogP contribution in [0.4, 0.5) is 10.1 Å². The first-order chi connectivity index (χ1) is 19.8. The fourth-order valence-electron chi connectivity index (χ4n) is 7.27. The summed E-state index contributed by atoms with van der Waals surface area (Å²) in [6.07, 6.45) is 0.555. The highest BCUT2D eigenvalue weighted by Crippen LogP contribution is 2.63. The van der Waals surface area contributed by atoms with Crippen molar-refractivity contribution in [2.24, 2.45) is 0 Å². The van der Waals surface area contributed by atoms with Crippen molar-refractivity contribution < 1.29 is 23.5 Å². The summed E-state index contributed by atoms with van der Waals surface area (Å²) in [5.74, 6) is -2.00. The number of likely N-dealkylation sites (tertiary alicyclic amines) is 1. The largest absolute Gasteiger partial charge is 0.465 e. The van der Waals surface area contributed by atoms with E-state index in [1.165, 1.54) is 13.2 Å².